The summed E-state index contributed by atoms with van der Waals surface area (Å²) < 4.78 is 69.7. The number of carboxylic acids is 1. The number of piperidine rings is 1. The van der Waals surface area contributed by atoms with E-state index in [-0.39, 0.29) is 5.56 Å². The highest BCUT2D eigenvalue weighted by Crippen LogP contribution is 2.39. The monoisotopic (exact) mass is 506 g/mol. The maximum Gasteiger partial charge on any atom is 0.490 e. The molecule has 1 aliphatic carbocycles. The molecule has 1 saturated carbocycles. The topological polar surface area (TPSA) is 98.3 Å². The summed E-state index contributed by atoms with van der Waals surface area (Å²) in [4.78, 5) is 29.2. The number of anilines is 1. The van der Waals surface area contributed by atoms with Crippen molar-refractivity contribution in [3.05, 3.63) is 58.1 Å². The van der Waals surface area contributed by atoms with Crippen LogP contribution < -0.4 is 15.8 Å². The first kappa shape index (κ1) is 26.5. The van der Waals surface area contributed by atoms with Gasteiger partial charge in [-0.1, -0.05) is 12.1 Å². The van der Waals surface area contributed by atoms with Crippen molar-refractivity contribution in [1.29, 1.82) is 0 Å². The molecule has 1 saturated heterocycles. The van der Waals surface area contributed by atoms with Gasteiger partial charge in [-0.05, 0) is 49.3 Å². The van der Waals surface area contributed by atoms with E-state index in [0.717, 1.165) is 44.3 Å². The molecular weight excluding hydrogens is 482 g/mol. The van der Waals surface area contributed by atoms with Crippen molar-refractivity contribution < 1.29 is 36.2 Å². The Bertz CT molecular complexity index is 1040. The van der Waals surface area contributed by atoms with Gasteiger partial charge >= 0.3 is 18.3 Å². The number of alkyl halides is 6. The van der Waals surface area contributed by atoms with Crippen LogP contribution in [0.3, 0.4) is 0 Å². The normalized spacial score (nSPS) is 21.0. The van der Waals surface area contributed by atoms with Crippen LogP contribution in [0, 0.1) is 0 Å². The predicted octanol–water partition coefficient (Wildman–Crippen LogP) is 3.93. The van der Waals surface area contributed by atoms with E-state index in [0.29, 0.717) is 23.8 Å². The van der Waals surface area contributed by atoms with Crippen LogP contribution >= 0.6 is 0 Å². The van der Waals surface area contributed by atoms with E-state index in [9.17, 15) is 31.1 Å². The summed E-state index contributed by atoms with van der Waals surface area (Å²) in [5.41, 5.74) is 0.252. The molecular formula is C22H24F6N4O3. The Balaban J connectivity index is 0.000000429. The molecule has 1 aliphatic heterocycles. The average molecular weight is 506 g/mol. The number of aromatic amines is 1. The van der Waals surface area contributed by atoms with Crippen molar-refractivity contribution in [3.63, 3.8) is 0 Å². The number of H-pyrrole nitrogens is 1. The number of carbonyl (C=O) groups is 1. The second-order valence-electron chi connectivity index (χ2n) is 8.49. The molecule has 7 nitrogen and oxygen atoms in total. The lowest BCUT2D eigenvalue weighted by atomic mass is 9.75. The van der Waals surface area contributed by atoms with Crippen molar-refractivity contribution in [2.24, 2.45) is 0 Å². The number of nitrogens with zero attached hydrogens (tertiary/aromatic N) is 2. The number of aliphatic carboxylic acids is 1. The molecule has 2 heterocycles. The van der Waals surface area contributed by atoms with E-state index in [1.54, 1.807) is 12.1 Å². The number of hydrogen-bond donors (Lipinski definition) is 3. The predicted molar refractivity (Wildman–Crippen MR) is 114 cm³/mol. The number of carboxylic acid groups (broad SMARTS) is 1. The van der Waals surface area contributed by atoms with Crippen molar-refractivity contribution >= 4 is 11.8 Å². The SMILES string of the molecule is O=C(O)C(F)(F)F.O=c1cc(N2CCC(NC3CC(c4ccc(C(F)(F)F)cc4)C3)CC2)nc[nH]1. The molecule has 1 aromatic heterocycles. The number of halogens is 6. The highest BCUT2D eigenvalue weighted by Gasteiger charge is 2.38. The van der Waals surface area contributed by atoms with Crippen LogP contribution in [0.2, 0.25) is 0 Å². The maximum atomic E-state index is 12.7. The zero-order valence-electron chi connectivity index (χ0n) is 18.4. The van der Waals surface area contributed by atoms with Gasteiger partial charge in [-0.25, -0.2) is 9.78 Å². The van der Waals surface area contributed by atoms with Crippen molar-refractivity contribution in [3.8, 4) is 0 Å². The summed E-state index contributed by atoms with van der Waals surface area (Å²) in [6, 6.07) is 7.93. The van der Waals surface area contributed by atoms with Gasteiger partial charge < -0.3 is 20.3 Å². The summed E-state index contributed by atoms with van der Waals surface area (Å²) in [6.07, 6.45) is -4.05. The summed E-state index contributed by atoms with van der Waals surface area (Å²) in [5, 5.41) is 10.8. The Morgan fingerprint density at radius 1 is 1.03 bits per heavy atom. The van der Waals surface area contributed by atoms with Gasteiger partial charge in [0, 0.05) is 31.2 Å². The fourth-order valence-electron chi connectivity index (χ4n) is 4.11. The molecule has 13 heteroatoms. The lowest BCUT2D eigenvalue weighted by molar-refractivity contribution is -0.192. The highest BCUT2D eigenvalue weighted by molar-refractivity contribution is 5.73. The zero-order valence-corrected chi connectivity index (χ0v) is 18.4. The van der Waals surface area contributed by atoms with Crippen LogP contribution in [-0.2, 0) is 11.0 Å². The van der Waals surface area contributed by atoms with E-state index in [1.165, 1.54) is 24.5 Å². The van der Waals surface area contributed by atoms with Gasteiger partial charge in [0.1, 0.15) is 5.82 Å². The van der Waals surface area contributed by atoms with Crippen LogP contribution in [0.25, 0.3) is 0 Å². The Kier molecular flexibility index (Phi) is 8.08. The zero-order chi connectivity index (χ0) is 25.8. The van der Waals surface area contributed by atoms with Crippen LogP contribution in [0.4, 0.5) is 32.2 Å². The van der Waals surface area contributed by atoms with Gasteiger partial charge in [-0.2, -0.15) is 26.3 Å². The Labute approximate surface area is 196 Å². The number of hydrogen-bond acceptors (Lipinski definition) is 5. The summed E-state index contributed by atoms with van der Waals surface area (Å²) in [7, 11) is 0. The van der Waals surface area contributed by atoms with Crippen molar-refractivity contribution in [2.75, 3.05) is 18.0 Å². The molecule has 35 heavy (non-hydrogen) atoms. The standard InChI is InChI=1S/C20H23F3N4O.C2HF3O2/c21-20(22,23)15-3-1-13(2-4-15)14-9-17(10-14)26-16-5-7-27(8-6-16)18-11-19(28)25-12-24-18;3-2(4,5)1(6)7/h1-4,11-12,14,16-17,26H,5-10H2,(H,24,25,28);(H,6,7). The third kappa shape index (κ3) is 7.44. The second-order valence-corrected chi connectivity index (χ2v) is 8.49. The van der Waals surface area contributed by atoms with Gasteiger partial charge in [0.25, 0.3) is 5.56 Å². The molecule has 2 fully saturated rings. The van der Waals surface area contributed by atoms with E-state index < -0.39 is 23.9 Å². The molecule has 4 rings (SSSR count). The first-order valence-electron chi connectivity index (χ1n) is 10.9. The van der Waals surface area contributed by atoms with E-state index in [1.807, 2.05) is 0 Å². The van der Waals surface area contributed by atoms with Crippen LogP contribution in [0.5, 0.6) is 0 Å². The van der Waals surface area contributed by atoms with Crippen LogP contribution in [0.15, 0.2) is 41.5 Å². The highest BCUT2D eigenvalue weighted by atomic mass is 19.4. The number of nitrogens with one attached hydrogen (secondary N) is 2. The smallest absolute Gasteiger partial charge is 0.475 e. The number of aromatic nitrogens is 2. The van der Waals surface area contributed by atoms with E-state index in [4.69, 9.17) is 9.90 Å². The number of benzene rings is 1. The lowest BCUT2D eigenvalue weighted by Crippen LogP contribution is -2.50. The molecule has 2 aliphatic rings. The van der Waals surface area contributed by atoms with Crippen LogP contribution in [0.1, 0.15) is 42.7 Å². The van der Waals surface area contributed by atoms with Crippen LogP contribution in [-0.4, -0.2) is 52.4 Å². The fourth-order valence-corrected chi connectivity index (χ4v) is 4.11. The minimum atomic E-state index is -5.08. The largest absolute Gasteiger partial charge is 0.490 e. The molecule has 0 unspecified atom stereocenters. The summed E-state index contributed by atoms with van der Waals surface area (Å²) in [5.74, 6) is -1.71. The lowest BCUT2D eigenvalue weighted by Gasteiger charge is -2.41. The third-order valence-electron chi connectivity index (χ3n) is 6.04. The number of rotatable bonds is 4. The molecule has 0 amide bonds. The molecule has 0 spiro atoms. The second kappa shape index (κ2) is 10.7. The molecule has 0 bridgehead atoms. The first-order chi connectivity index (χ1) is 16.3. The molecule has 3 N–H and O–H groups in total. The Morgan fingerprint density at radius 3 is 2.09 bits per heavy atom. The van der Waals surface area contributed by atoms with Gasteiger partial charge in [0.05, 0.1) is 11.9 Å². The Morgan fingerprint density at radius 2 is 1.60 bits per heavy atom. The van der Waals surface area contributed by atoms with E-state index in [2.05, 4.69) is 20.2 Å². The van der Waals surface area contributed by atoms with Gasteiger partial charge in [-0.3, -0.25) is 4.79 Å². The fraction of sp³-hybridized carbons (Fsp3) is 0.500. The summed E-state index contributed by atoms with van der Waals surface area (Å²) in [6.45, 7) is 1.70. The average Bonchev–Trinajstić information content (AvgIpc) is 2.76. The molecule has 1 aromatic carbocycles. The van der Waals surface area contributed by atoms with Gasteiger partial charge in [-0.15, -0.1) is 0 Å². The van der Waals surface area contributed by atoms with Crippen molar-refractivity contribution in [2.45, 2.75) is 56.0 Å². The molecule has 0 atom stereocenters. The Hall–Kier alpha value is -3.09. The summed E-state index contributed by atoms with van der Waals surface area (Å²) >= 11 is 0. The molecule has 0 radical (unpaired) electrons. The minimum absolute atomic E-state index is 0.144. The third-order valence-corrected chi connectivity index (χ3v) is 6.04. The molecule has 192 valence electrons. The maximum absolute atomic E-state index is 12.7. The van der Waals surface area contributed by atoms with Crippen molar-refractivity contribution in [1.82, 2.24) is 15.3 Å². The van der Waals surface area contributed by atoms with Gasteiger partial charge in [0.2, 0.25) is 0 Å². The first-order valence-corrected chi connectivity index (χ1v) is 10.9. The van der Waals surface area contributed by atoms with Gasteiger partial charge in [0.15, 0.2) is 0 Å². The van der Waals surface area contributed by atoms with E-state index >= 15 is 0 Å². The molecule has 2 aromatic rings. The minimum Gasteiger partial charge on any atom is -0.475 e. The quantitative estimate of drug-likeness (QED) is 0.544.